The first-order valence-electron chi connectivity index (χ1n) is 6.25. The zero-order valence-electron chi connectivity index (χ0n) is 11.7. The van der Waals surface area contributed by atoms with Crippen LogP contribution in [-0.4, -0.2) is 4.98 Å². The van der Waals surface area contributed by atoms with Gasteiger partial charge in [0, 0.05) is 6.20 Å². The van der Waals surface area contributed by atoms with Gasteiger partial charge in [-0.2, -0.15) is 41.8 Å². The van der Waals surface area contributed by atoms with E-state index in [-0.39, 0.29) is 42.2 Å². The van der Waals surface area contributed by atoms with Gasteiger partial charge in [0.15, 0.2) is 0 Å². The molecule has 4 aromatic rings. The summed E-state index contributed by atoms with van der Waals surface area (Å²) in [6, 6.07) is 27.5. The van der Waals surface area contributed by atoms with Crippen molar-refractivity contribution in [1.29, 1.82) is 0 Å². The maximum absolute atomic E-state index is 4.13. The molecule has 0 radical (unpaired) electrons. The Morgan fingerprint density at radius 2 is 1.55 bits per heavy atom. The second-order valence-corrected chi connectivity index (χ2v) is 4.27. The van der Waals surface area contributed by atoms with Crippen LogP contribution in [0.2, 0.25) is 0 Å². The van der Waals surface area contributed by atoms with Crippen LogP contribution in [0.4, 0.5) is 0 Å². The van der Waals surface area contributed by atoms with Crippen LogP contribution in [0.3, 0.4) is 0 Å². The van der Waals surface area contributed by atoms with Gasteiger partial charge in [-0.15, -0.1) is 65.9 Å². The van der Waals surface area contributed by atoms with Gasteiger partial charge in [0.2, 0.25) is 0 Å². The van der Waals surface area contributed by atoms with Gasteiger partial charge in [0.05, 0.1) is 0 Å². The van der Waals surface area contributed by atoms with Crippen molar-refractivity contribution in [2.45, 2.75) is 0 Å². The molecular weight excluding hydrogens is 353 g/mol. The standard InChI is InChI=1S/C9H6N.C9H7.2ClH.Cr/c1-2-6-9-8(4-1)5-3-7-10-9;1-2-5-9-7-3-6-8(9)4-1;;;/h1-5,7H;1-7H;2*1H;/q2*-1;;;+2. The molecule has 4 heteroatoms. The van der Waals surface area contributed by atoms with Gasteiger partial charge in [-0.25, -0.2) is 0 Å². The summed E-state index contributed by atoms with van der Waals surface area (Å²) in [5, 5.41) is 3.81. The summed E-state index contributed by atoms with van der Waals surface area (Å²) in [5.74, 6) is 0. The molecular formula is C18H15Cl2CrN. The van der Waals surface area contributed by atoms with Crippen LogP contribution in [0, 0.1) is 6.07 Å². The zero-order valence-corrected chi connectivity index (χ0v) is 14.6. The molecule has 0 fully saturated rings. The quantitative estimate of drug-likeness (QED) is 0.377. The number of fused-ring (bicyclic) bond motifs is 2. The van der Waals surface area contributed by atoms with Crippen molar-refractivity contribution in [1.82, 2.24) is 4.98 Å². The zero-order chi connectivity index (χ0) is 12.9. The Kier molecular flexibility index (Phi) is 9.65. The first kappa shape index (κ1) is 20.6. The molecule has 1 aromatic heterocycles. The van der Waals surface area contributed by atoms with Gasteiger partial charge in [-0.3, -0.25) is 4.98 Å². The third kappa shape index (κ3) is 5.09. The summed E-state index contributed by atoms with van der Waals surface area (Å²) >= 11 is 0. The van der Waals surface area contributed by atoms with Crippen LogP contribution in [0.5, 0.6) is 0 Å². The molecule has 0 amide bonds. The van der Waals surface area contributed by atoms with E-state index < -0.39 is 0 Å². The maximum Gasteiger partial charge on any atom is 2.00 e. The van der Waals surface area contributed by atoms with Crippen molar-refractivity contribution < 1.29 is 17.4 Å². The Balaban J connectivity index is 0.000000354. The average Bonchev–Trinajstić information content (AvgIpc) is 2.96. The minimum Gasteiger partial charge on any atom is -0.283 e. The van der Waals surface area contributed by atoms with Crippen molar-refractivity contribution in [3.63, 3.8) is 0 Å². The van der Waals surface area contributed by atoms with Crippen LogP contribution in [-0.2, 0) is 17.4 Å². The number of rotatable bonds is 0. The van der Waals surface area contributed by atoms with E-state index in [0.717, 1.165) is 10.9 Å². The predicted octanol–water partition coefficient (Wildman–Crippen LogP) is 5.43. The minimum atomic E-state index is 0. The maximum atomic E-state index is 4.13. The fourth-order valence-electron chi connectivity index (χ4n) is 2.02. The number of pyridine rings is 1. The fourth-order valence-corrected chi connectivity index (χ4v) is 2.02. The Bertz CT molecular complexity index is 703. The molecule has 112 valence electrons. The smallest absolute Gasteiger partial charge is 0.283 e. The largest absolute Gasteiger partial charge is 2.00 e. The van der Waals surface area contributed by atoms with Gasteiger partial charge in [-0.1, -0.05) is 12.1 Å². The second kappa shape index (κ2) is 10.3. The Hall–Kier alpha value is -1.43. The number of nitrogens with zero attached hydrogens (tertiary/aromatic N) is 1. The summed E-state index contributed by atoms with van der Waals surface area (Å²) in [5.41, 5.74) is 0.935. The number of para-hydroxylation sites is 1. The van der Waals surface area contributed by atoms with Crippen LogP contribution >= 0.6 is 24.8 Å². The van der Waals surface area contributed by atoms with E-state index in [4.69, 9.17) is 0 Å². The predicted molar refractivity (Wildman–Crippen MR) is 94.6 cm³/mol. The topological polar surface area (TPSA) is 12.9 Å². The molecule has 22 heavy (non-hydrogen) atoms. The summed E-state index contributed by atoms with van der Waals surface area (Å²) in [7, 11) is 0. The Morgan fingerprint density at radius 1 is 0.818 bits per heavy atom. The Morgan fingerprint density at radius 3 is 2.32 bits per heavy atom. The van der Waals surface area contributed by atoms with Crippen LogP contribution in [0.25, 0.3) is 21.7 Å². The molecule has 0 N–H and O–H groups in total. The second-order valence-electron chi connectivity index (χ2n) is 4.27. The SMILES string of the molecule is Cl.Cl.[Cr+2].[c-]1cccc2cccnc12.c1ccc2[cH-]ccc2c1. The third-order valence-corrected chi connectivity index (χ3v) is 2.98. The monoisotopic (exact) mass is 367 g/mol. The van der Waals surface area contributed by atoms with Gasteiger partial charge in [0.25, 0.3) is 0 Å². The van der Waals surface area contributed by atoms with Crippen LogP contribution < -0.4 is 0 Å². The van der Waals surface area contributed by atoms with Crippen LogP contribution in [0.1, 0.15) is 0 Å². The van der Waals surface area contributed by atoms with Gasteiger partial charge >= 0.3 is 17.4 Å². The minimum absolute atomic E-state index is 0. The normalized spacial score (nSPS) is 8.73. The molecule has 0 aliphatic heterocycles. The molecule has 0 saturated heterocycles. The Labute approximate surface area is 153 Å². The number of benzene rings is 2. The molecule has 1 heterocycles. The molecule has 0 unspecified atom stereocenters. The molecule has 0 atom stereocenters. The van der Waals surface area contributed by atoms with E-state index in [1.165, 1.54) is 10.8 Å². The molecule has 0 spiro atoms. The van der Waals surface area contributed by atoms with E-state index in [0.29, 0.717) is 0 Å². The van der Waals surface area contributed by atoms with E-state index in [1.807, 2.05) is 30.3 Å². The molecule has 3 aromatic carbocycles. The number of aromatic nitrogens is 1. The number of halogens is 2. The molecule has 0 saturated carbocycles. The van der Waals surface area contributed by atoms with Gasteiger partial charge < -0.3 is 0 Å². The first-order valence-corrected chi connectivity index (χ1v) is 6.25. The van der Waals surface area contributed by atoms with Crippen molar-refractivity contribution >= 4 is 46.5 Å². The van der Waals surface area contributed by atoms with Gasteiger partial charge in [-0.05, 0) is 5.52 Å². The molecule has 0 aliphatic rings. The molecule has 0 bridgehead atoms. The summed E-state index contributed by atoms with van der Waals surface area (Å²) in [6.45, 7) is 0. The molecule has 1 nitrogen and oxygen atoms in total. The number of hydrogen-bond acceptors (Lipinski definition) is 1. The van der Waals surface area contributed by atoms with Crippen LogP contribution in [0.15, 0.2) is 79.0 Å². The van der Waals surface area contributed by atoms with E-state index in [2.05, 4.69) is 53.5 Å². The van der Waals surface area contributed by atoms with Crippen molar-refractivity contribution in [3.05, 3.63) is 85.1 Å². The fraction of sp³-hybridized carbons (Fsp3) is 0. The van der Waals surface area contributed by atoms with E-state index >= 15 is 0 Å². The average molecular weight is 368 g/mol. The van der Waals surface area contributed by atoms with E-state index in [9.17, 15) is 0 Å². The number of hydrogen-bond donors (Lipinski definition) is 0. The molecule has 0 aliphatic carbocycles. The summed E-state index contributed by atoms with van der Waals surface area (Å²) < 4.78 is 0. The van der Waals surface area contributed by atoms with Gasteiger partial charge in [0.1, 0.15) is 0 Å². The van der Waals surface area contributed by atoms with E-state index in [1.54, 1.807) is 6.20 Å². The summed E-state index contributed by atoms with van der Waals surface area (Å²) in [4.78, 5) is 4.13. The van der Waals surface area contributed by atoms with Crippen molar-refractivity contribution in [3.8, 4) is 0 Å². The summed E-state index contributed by atoms with van der Waals surface area (Å²) in [6.07, 6.45) is 1.78. The molecule has 4 rings (SSSR count). The van der Waals surface area contributed by atoms with Crippen molar-refractivity contribution in [2.24, 2.45) is 0 Å². The third-order valence-electron chi connectivity index (χ3n) is 2.98. The van der Waals surface area contributed by atoms with Crippen molar-refractivity contribution in [2.75, 3.05) is 0 Å². The first-order chi connectivity index (χ1) is 9.43.